The lowest BCUT2D eigenvalue weighted by molar-refractivity contribution is 0.0939. The Balaban J connectivity index is 1.84. The molecule has 0 aliphatic rings. The van der Waals surface area contributed by atoms with Gasteiger partial charge in [-0.15, -0.1) is 0 Å². The summed E-state index contributed by atoms with van der Waals surface area (Å²) in [6.45, 7) is 3.54. The van der Waals surface area contributed by atoms with Crippen LogP contribution in [0, 0.1) is 6.92 Å². The van der Waals surface area contributed by atoms with Crippen LogP contribution in [0.1, 0.15) is 34.5 Å². The van der Waals surface area contributed by atoms with Gasteiger partial charge in [0.2, 0.25) is 0 Å². The number of anilines is 1. The van der Waals surface area contributed by atoms with Crippen molar-refractivity contribution in [2.45, 2.75) is 24.8 Å². The summed E-state index contributed by atoms with van der Waals surface area (Å²) in [5, 5.41) is 2.90. The Morgan fingerprint density at radius 2 is 1.63 bits per heavy atom. The minimum absolute atomic E-state index is 0.0592. The van der Waals surface area contributed by atoms with Crippen molar-refractivity contribution in [3.05, 3.63) is 89.5 Å². The molecule has 3 aromatic rings. The Kier molecular flexibility index (Phi) is 6.42. The summed E-state index contributed by atoms with van der Waals surface area (Å²) >= 11 is 0. The topological polar surface area (TPSA) is 84.5 Å². The van der Waals surface area contributed by atoms with Gasteiger partial charge in [-0.1, -0.05) is 42.5 Å². The number of amides is 1. The number of benzene rings is 3. The summed E-state index contributed by atoms with van der Waals surface area (Å²) in [7, 11) is -2.27. The third-order valence-electron chi connectivity index (χ3n) is 4.72. The summed E-state index contributed by atoms with van der Waals surface area (Å²) in [6.07, 6.45) is 0. The van der Waals surface area contributed by atoms with Crippen LogP contribution in [0.15, 0.2) is 77.7 Å². The summed E-state index contributed by atoms with van der Waals surface area (Å²) < 4.78 is 33.6. The van der Waals surface area contributed by atoms with Crippen LogP contribution in [0.4, 0.5) is 5.69 Å². The maximum atomic E-state index is 12.9. The second kappa shape index (κ2) is 9.00. The minimum Gasteiger partial charge on any atom is -0.496 e. The van der Waals surface area contributed by atoms with Gasteiger partial charge in [0.25, 0.3) is 15.9 Å². The Morgan fingerprint density at radius 3 is 2.33 bits per heavy atom. The van der Waals surface area contributed by atoms with E-state index in [1.165, 1.54) is 6.07 Å². The number of methoxy groups -OCH3 is 1. The maximum Gasteiger partial charge on any atom is 0.262 e. The Labute approximate surface area is 177 Å². The molecule has 0 saturated heterocycles. The number of rotatable bonds is 7. The van der Waals surface area contributed by atoms with Crippen molar-refractivity contribution in [2.75, 3.05) is 11.8 Å². The molecule has 0 spiro atoms. The van der Waals surface area contributed by atoms with Crippen molar-refractivity contribution in [1.29, 1.82) is 0 Å². The molecule has 0 aliphatic carbocycles. The zero-order valence-electron chi connectivity index (χ0n) is 17.0. The molecule has 0 bridgehead atoms. The number of ether oxygens (including phenoxy) is 1. The van der Waals surface area contributed by atoms with Gasteiger partial charge in [0.15, 0.2) is 0 Å². The fourth-order valence-electron chi connectivity index (χ4n) is 3.13. The first kappa shape index (κ1) is 21.4. The molecule has 3 aromatic carbocycles. The second-order valence-corrected chi connectivity index (χ2v) is 8.54. The van der Waals surface area contributed by atoms with E-state index in [4.69, 9.17) is 4.74 Å². The first-order chi connectivity index (χ1) is 14.3. The number of carbonyl (C=O) groups is 1. The van der Waals surface area contributed by atoms with Crippen molar-refractivity contribution < 1.29 is 17.9 Å². The highest BCUT2D eigenvalue weighted by molar-refractivity contribution is 7.92. The van der Waals surface area contributed by atoms with Gasteiger partial charge in [-0.25, -0.2) is 8.42 Å². The number of para-hydroxylation sites is 2. The molecule has 2 N–H and O–H groups in total. The molecule has 1 amide bonds. The molecule has 7 heteroatoms. The molecule has 30 heavy (non-hydrogen) atoms. The van der Waals surface area contributed by atoms with Gasteiger partial charge in [-0.2, -0.15) is 0 Å². The molecule has 0 unspecified atom stereocenters. The monoisotopic (exact) mass is 424 g/mol. The lowest BCUT2D eigenvalue weighted by atomic mass is 10.1. The Hall–Kier alpha value is -3.32. The van der Waals surface area contributed by atoms with Crippen molar-refractivity contribution >= 4 is 21.6 Å². The van der Waals surface area contributed by atoms with E-state index in [1.807, 2.05) is 31.2 Å². The summed E-state index contributed by atoms with van der Waals surface area (Å²) in [5.74, 6) is 0.300. The van der Waals surface area contributed by atoms with E-state index in [0.717, 1.165) is 5.56 Å². The molecule has 0 radical (unpaired) electrons. The molecule has 0 saturated carbocycles. The van der Waals surface area contributed by atoms with Crippen LogP contribution in [-0.2, 0) is 10.0 Å². The van der Waals surface area contributed by atoms with Gasteiger partial charge in [-0.3, -0.25) is 9.52 Å². The predicted octanol–water partition coefficient (Wildman–Crippen LogP) is 4.30. The minimum atomic E-state index is -3.84. The molecule has 3 rings (SSSR count). The number of hydrogen-bond donors (Lipinski definition) is 2. The SMILES string of the molecule is COc1ccccc1[C@H](C)NC(=O)c1ccc(C)c(S(=O)(=O)Nc2ccccc2)c1. The molecule has 0 fully saturated rings. The molecular weight excluding hydrogens is 400 g/mol. The largest absolute Gasteiger partial charge is 0.496 e. The Bertz CT molecular complexity index is 1140. The molecule has 1 atom stereocenters. The maximum absolute atomic E-state index is 12.9. The lowest BCUT2D eigenvalue weighted by Crippen LogP contribution is -2.27. The van der Waals surface area contributed by atoms with Gasteiger partial charge in [-0.05, 0) is 49.7 Å². The molecule has 156 valence electrons. The number of hydrogen-bond acceptors (Lipinski definition) is 4. The van der Waals surface area contributed by atoms with Gasteiger partial charge in [0.05, 0.1) is 18.0 Å². The molecule has 0 aromatic heterocycles. The number of nitrogens with one attached hydrogen (secondary N) is 2. The summed E-state index contributed by atoms with van der Waals surface area (Å²) in [5.41, 5.74) is 2.10. The number of carbonyl (C=O) groups excluding carboxylic acids is 1. The lowest BCUT2D eigenvalue weighted by Gasteiger charge is -2.18. The normalized spacial score (nSPS) is 12.1. The summed E-state index contributed by atoms with van der Waals surface area (Å²) in [4.78, 5) is 12.9. The molecule has 6 nitrogen and oxygen atoms in total. The summed E-state index contributed by atoms with van der Waals surface area (Å²) in [6, 6.07) is 20.4. The smallest absolute Gasteiger partial charge is 0.262 e. The van der Waals surface area contributed by atoms with Crippen LogP contribution in [0.3, 0.4) is 0 Å². The van der Waals surface area contributed by atoms with E-state index < -0.39 is 10.0 Å². The van der Waals surface area contributed by atoms with Crippen molar-refractivity contribution in [3.63, 3.8) is 0 Å². The third kappa shape index (κ3) is 4.80. The van der Waals surface area contributed by atoms with Crippen molar-refractivity contribution in [3.8, 4) is 5.75 Å². The average molecular weight is 425 g/mol. The van der Waals surface area contributed by atoms with E-state index in [1.54, 1.807) is 56.5 Å². The highest BCUT2D eigenvalue weighted by Gasteiger charge is 2.21. The second-order valence-electron chi connectivity index (χ2n) is 6.89. The average Bonchev–Trinajstić information content (AvgIpc) is 2.74. The van der Waals surface area contributed by atoms with Gasteiger partial charge in [0, 0.05) is 16.8 Å². The standard InChI is InChI=1S/C23H24N2O4S/c1-16-13-14-18(15-22(16)30(27,28)25-19-9-5-4-6-10-19)23(26)24-17(2)20-11-7-8-12-21(20)29-3/h4-15,17,25H,1-3H3,(H,24,26)/t17-/m0/s1. The van der Waals surface area contributed by atoms with Gasteiger partial charge < -0.3 is 10.1 Å². The van der Waals surface area contributed by atoms with Crippen molar-refractivity contribution in [1.82, 2.24) is 5.32 Å². The highest BCUT2D eigenvalue weighted by Crippen LogP contribution is 2.25. The van der Waals surface area contributed by atoms with E-state index in [-0.39, 0.29) is 22.4 Å². The molecule has 0 heterocycles. The Morgan fingerprint density at radius 1 is 0.967 bits per heavy atom. The zero-order chi connectivity index (χ0) is 21.7. The van der Waals surface area contributed by atoms with Crippen LogP contribution in [-0.4, -0.2) is 21.4 Å². The number of sulfonamides is 1. The van der Waals surface area contributed by atoms with E-state index >= 15 is 0 Å². The van der Waals surface area contributed by atoms with Crippen LogP contribution in [0.25, 0.3) is 0 Å². The van der Waals surface area contributed by atoms with Crippen molar-refractivity contribution in [2.24, 2.45) is 0 Å². The zero-order valence-corrected chi connectivity index (χ0v) is 17.9. The van der Waals surface area contributed by atoms with Crippen LogP contribution < -0.4 is 14.8 Å². The highest BCUT2D eigenvalue weighted by atomic mass is 32.2. The van der Waals surface area contributed by atoms with E-state index in [2.05, 4.69) is 10.0 Å². The molecule has 0 aliphatic heterocycles. The first-order valence-electron chi connectivity index (χ1n) is 9.44. The fraction of sp³-hybridized carbons (Fsp3) is 0.174. The van der Waals surface area contributed by atoms with Crippen LogP contribution >= 0.6 is 0 Å². The third-order valence-corrected chi connectivity index (χ3v) is 6.24. The van der Waals surface area contributed by atoms with E-state index in [0.29, 0.717) is 17.0 Å². The first-order valence-corrected chi connectivity index (χ1v) is 10.9. The quantitative estimate of drug-likeness (QED) is 0.592. The number of aryl methyl sites for hydroxylation is 1. The fourth-order valence-corrected chi connectivity index (χ4v) is 4.46. The van der Waals surface area contributed by atoms with Crippen LogP contribution in [0.5, 0.6) is 5.75 Å². The van der Waals surface area contributed by atoms with Gasteiger partial charge >= 0.3 is 0 Å². The molecular formula is C23H24N2O4S. The van der Waals surface area contributed by atoms with Crippen LogP contribution in [0.2, 0.25) is 0 Å². The van der Waals surface area contributed by atoms with E-state index in [9.17, 15) is 13.2 Å². The predicted molar refractivity (Wildman–Crippen MR) is 117 cm³/mol. The van der Waals surface area contributed by atoms with Gasteiger partial charge in [0.1, 0.15) is 5.75 Å².